The summed E-state index contributed by atoms with van der Waals surface area (Å²) in [5.74, 6) is 0.196. The second-order valence-corrected chi connectivity index (χ2v) is 8.36. The molecule has 1 aliphatic rings. The summed E-state index contributed by atoms with van der Waals surface area (Å²) < 4.78 is 1.14. The largest absolute Gasteiger partial charge is 0.368 e. The van der Waals surface area contributed by atoms with Gasteiger partial charge in [-0.25, -0.2) is 10.1 Å². The average molecular weight is 485 g/mol. The zero-order valence-electron chi connectivity index (χ0n) is 17.7. The minimum absolute atomic E-state index is 0.234. The van der Waals surface area contributed by atoms with Crippen molar-refractivity contribution >= 4 is 46.8 Å². The van der Waals surface area contributed by atoms with Gasteiger partial charge in [0.25, 0.3) is 11.5 Å². The molecule has 8 nitrogen and oxygen atoms in total. The Balaban J connectivity index is 1.36. The normalized spacial score (nSPS) is 14.0. The Morgan fingerprint density at radius 1 is 0.970 bits per heavy atom. The second-order valence-electron chi connectivity index (χ2n) is 7.49. The lowest BCUT2D eigenvalue weighted by atomic mass is 10.2. The van der Waals surface area contributed by atoms with E-state index in [1.807, 2.05) is 30.3 Å². The molecular weight excluding hydrogens is 463 g/mol. The summed E-state index contributed by atoms with van der Waals surface area (Å²) in [4.78, 5) is 28.8. The van der Waals surface area contributed by atoms with E-state index in [-0.39, 0.29) is 12.1 Å². The molecule has 0 radical (unpaired) electrons. The molecule has 170 valence electrons. The molecule has 2 aromatic carbocycles. The maximum Gasteiger partial charge on any atom is 0.267 e. The van der Waals surface area contributed by atoms with Crippen molar-refractivity contribution in [3.05, 3.63) is 86.6 Å². The second kappa shape index (κ2) is 10.5. The highest BCUT2D eigenvalue weighted by atomic mass is 35.5. The van der Waals surface area contributed by atoms with E-state index in [1.54, 1.807) is 24.3 Å². The number of aromatic nitrogens is 2. The molecular formula is C23H22Cl2N6O2. The predicted octanol–water partition coefficient (Wildman–Crippen LogP) is 3.03. The van der Waals surface area contributed by atoms with E-state index in [2.05, 4.69) is 25.4 Å². The molecule has 10 heteroatoms. The number of hydrazone groups is 1. The number of carbonyl (C=O) groups excluding carboxylic acids is 1. The van der Waals surface area contributed by atoms with Crippen LogP contribution in [0.4, 0.5) is 11.5 Å². The van der Waals surface area contributed by atoms with Gasteiger partial charge in [-0.2, -0.15) is 10.2 Å². The Hall–Kier alpha value is -3.36. The molecule has 1 fully saturated rings. The van der Waals surface area contributed by atoms with Crippen LogP contribution in [-0.2, 0) is 11.3 Å². The number of amides is 1. The highest BCUT2D eigenvalue weighted by molar-refractivity contribution is 6.31. The minimum Gasteiger partial charge on any atom is -0.368 e. The SMILES string of the molecule is O=C(Cn1nc(N2CCN(c3cccc(Cl)c3)CC2)ccc1=O)N/N=C/c1cccc(Cl)c1. The number of nitrogens with one attached hydrogen (secondary N) is 1. The standard InChI is InChI=1S/C23H22Cl2N6O2/c24-18-4-1-3-17(13-18)15-26-27-22(32)16-31-23(33)8-7-21(28-31)30-11-9-29(10-12-30)20-6-2-5-19(25)14-20/h1-8,13-15H,9-12,16H2,(H,27,32)/b26-15+. The fourth-order valence-corrected chi connectivity index (χ4v) is 3.91. The molecule has 0 unspecified atom stereocenters. The number of rotatable bonds is 6. The third-order valence-corrected chi connectivity index (χ3v) is 5.64. The van der Waals surface area contributed by atoms with Crippen LogP contribution < -0.4 is 20.8 Å². The number of hydrogen-bond acceptors (Lipinski definition) is 6. The molecule has 0 aliphatic carbocycles. The van der Waals surface area contributed by atoms with Gasteiger partial charge in [0, 0.05) is 48.0 Å². The average Bonchev–Trinajstić information content (AvgIpc) is 2.81. The molecule has 1 aliphatic heterocycles. The first-order valence-corrected chi connectivity index (χ1v) is 11.1. The molecule has 4 rings (SSSR count). The molecule has 2 heterocycles. The van der Waals surface area contributed by atoms with E-state index in [0.29, 0.717) is 15.9 Å². The van der Waals surface area contributed by atoms with Crippen molar-refractivity contribution < 1.29 is 4.79 Å². The zero-order chi connectivity index (χ0) is 23.2. The highest BCUT2D eigenvalue weighted by Gasteiger charge is 2.19. The molecule has 0 atom stereocenters. The van der Waals surface area contributed by atoms with Crippen LogP contribution in [0.3, 0.4) is 0 Å². The lowest BCUT2D eigenvalue weighted by Gasteiger charge is -2.36. The molecule has 1 N–H and O–H groups in total. The van der Waals surface area contributed by atoms with Crippen LogP contribution in [0, 0.1) is 0 Å². The summed E-state index contributed by atoms with van der Waals surface area (Å²) in [6.45, 7) is 2.81. The quantitative estimate of drug-likeness (QED) is 0.429. The first kappa shape index (κ1) is 22.8. The molecule has 33 heavy (non-hydrogen) atoms. The Morgan fingerprint density at radius 3 is 2.39 bits per heavy atom. The molecule has 1 aromatic heterocycles. The van der Waals surface area contributed by atoms with Crippen molar-refractivity contribution in [3.8, 4) is 0 Å². The number of anilines is 2. The van der Waals surface area contributed by atoms with Crippen LogP contribution in [0.25, 0.3) is 0 Å². The summed E-state index contributed by atoms with van der Waals surface area (Å²) >= 11 is 12.0. The number of piperazine rings is 1. The minimum atomic E-state index is -0.453. The molecule has 0 saturated carbocycles. The van der Waals surface area contributed by atoms with Crippen LogP contribution in [0.1, 0.15) is 5.56 Å². The van der Waals surface area contributed by atoms with Gasteiger partial charge in [0.1, 0.15) is 12.4 Å². The van der Waals surface area contributed by atoms with Crippen molar-refractivity contribution in [1.29, 1.82) is 0 Å². The third kappa shape index (κ3) is 6.12. The third-order valence-electron chi connectivity index (χ3n) is 5.17. The van der Waals surface area contributed by atoms with Gasteiger partial charge in [-0.15, -0.1) is 0 Å². The molecule has 1 saturated heterocycles. The van der Waals surface area contributed by atoms with Gasteiger partial charge in [-0.3, -0.25) is 9.59 Å². The van der Waals surface area contributed by atoms with Crippen LogP contribution >= 0.6 is 23.2 Å². The van der Waals surface area contributed by atoms with Crippen LogP contribution in [-0.4, -0.2) is 48.1 Å². The first-order chi connectivity index (χ1) is 16.0. The van der Waals surface area contributed by atoms with Crippen molar-refractivity contribution in [2.75, 3.05) is 36.0 Å². The van der Waals surface area contributed by atoms with Crippen LogP contribution in [0.15, 0.2) is 70.6 Å². The van der Waals surface area contributed by atoms with Gasteiger partial charge >= 0.3 is 0 Å². The number of carbonyl (C=O) groups is 1. The monoisotopic (exact) mass is 484 g/mol. The maximum absolute atomic E-state index is 12.3. The summed E-state index contributed by atoms with van der Waals surface area (Å²) in [7, 11) is 0. The van der Waals surface area contributed by atoms with Crippen molar-refractivity contribution in [1.82, 2.24) is 15.2 Å². The van der Waals surface area contributed by atoms with Gasteiger partial charge in [0.05, 0.1) is 6.21 Å². The van der Waals surface area contributed by atoms with Gasteiger partial charge in [0.2, 0.25) is 0 Å². The van der Waals surface area contributed by atoms with Gasteiger partial charge < -0.3 is 9.80 Å². The highest BCUT2D eigenvalue weighted by Crippen LogP contribution is 2.22. The lowest BCUT2D eigenvalue weighted by molar-refractivity contribution is -0.121. The summed E-state index contributed by atoms with van der Waals surface area (Å²) in [6.07, 6.45) is 1.48. The van der Waals surface area contributed by atoms with Crippen molar-refractivity contribution in [3.63, 3.8) is 0 Å². The van der Waals surface area contributed by atoms with E-state index in [0.717, 1.165) is 42.1 Å². The molecule has 0 spiro atoms. The molecule has 0 bridgehead atoms. The van der Waals surface area contributed by atoms with Crippen molar-refractivity contribution in [2.45, 2.75) is 6.54 Å². The number of hydrogen-bond donors (Lipinski definition) is 1. The Bertz CT molecular complexity index is 1220. The van der Waals surface area contributed by atoms with E-state index < -0.39 is 5.91 Å². The molecule has 3 aromatic rings. The maximum atomic E-state index is 12.3. The van der Waals surface area contributed by atoms with Gasteiger partial charge in [-0.05, 0) is 42.0 Å². The fourth-order valence-electron chi connectivity index (χ4n) is 3.52. The van der Waals surface area contributed by atoms with E-state index in [4.69, 9.17) is 23.2 Å². The Labute approximate surface area is 201 Å². The zero-order valence-corrected chi connectivity index (χ0v) is 19.2. The van der Waals surface area contributed by atoms with E-state index in [1.165, 1.54) is 12.3 Å². The lowest BCUT2D eigenvalue weighted by Crippen LogP contribution is -2.47. The number of benzene rings is 2. The molecule has 1 amide bonds. The van der Waals surface area contributed by atoms with Gasteiger partial charge in [-0.1, -0.05) is 41.4 Å². The van der Waals surface area contributed by atoms with Gasteiger partial charge in [0.15, 0.2) is 0 Å². The smallest absolute Gasteiger partial charge is 0.267 e. The Morgan fingerprint density at radius 2 is 1.67 bits per heavy atom. The Kier molecular flexibility index (Phi) is 7.26. The first-order valence-electron chi connectivity index (χ1n) is 10.4. The predicted molar refractivity (Wildman–Crippen MR) is 132 cm³/mol. The summed E-state index contributed by atoms with van der Waals surface area (Å²) in [5.41, 5.74) is 3.88. The summed E-state index contributed by atoms with van der Waals surface area (Å²) in [5, 5.41) is 9.58. The number of nitrogens with zero attached hydrogens (tertiary/aromatic N) is 5. The van der Waals surface area contributed by atoms with E-state index >= 15 is 0 Å². The van der Waals surface area contributed by atoms with Crippen molar-refractivity contribution in [2.24, 2.45) is 5.10 Å². The topological polar surface area (TPSA) is 82.8 Å². The summed E-state index contributed by atoms with van der Waals surface area (Å²) in [6, 6.07) is 17.9. The van der Waals surface area contributed by atoms with E-state index in [9.17, 15) is 9.59 Å². The number of halogens is 2. The fraction of sp³-hybridized carbons (Fsp3) is 0.217. The van der Waals surface area contributed by atoms with Crippen LogP contribution in [0.5, 0.6) is 0 Å². The van der Waals surface area contributed by atoms with Crippen LogP contribution in [0.2, 0.25) is 10.0 Å².